The molecular formula is C14H16N2OS2. The van der Waals surface area contributed by atoms with Crippen molar-refractivity contribution in [3.05, 3.63) is 33.0 Å². The molecule has 3 nitrogen and oxygen atoms in total. The van der Waals surface area contributed by atoms with E-state index in [2.05, 4.69) is 41.4 Å². The standard InChI is InChI=1S/C14H16N2OS2/c1-9(11-7-4-8-18-11)16(2)14-15-13-10(17)5-3-6-12(13)19-14/h4,7-9H,3,5-6H2,1-2H3. The predicted molar refractivity (Wildman–Crippen MR) is 80.5 cm³/mol. The van der Waals surface area contributed by atoms with Crippen LogP contribution >= 0.6 is 22.7 Å². The topological polar surface area (TPSA) is 33.2 Å². The molecule has 5 heteroatoms. The van der Waals surface area contributed by atoms with Gasteiger partial charge in [0, 0.05) is 23.2 Å². The fourth-order valence-corrected chi connectivity index (χ4v) is 4.28. The smallest absolute Gasteiger partial charge is 0.186 e. The van der Waals surface area contributed by atoms with Crippen LogP contribution in [-0.2, 0) is 6.42 Å². The van der Waals surface area contributed by atoms with E-state index in [0.717, 1.165) is 28.5 Å². The Morgan fingerprint density at radius 3 is 2.95 bits per heavy atom. The molecule has 1 unspecified atom stereocenters. The van der Waals surface area contributed by atoms with Crippen molar-refractivity contribution in [1.82, 2.24) is 4.98 Å². The van der Waals surface area contributed by atoms with Gasteiger partial charge in [-0.3, -0.25) is 4.79 Å². The summed E-state index contributed by atoms with van der Waals surface area (Å²) < 4.78 is 0. The summed E-state index contributed by atoms with van der Waals surface area (Å²) in [4.78, 5) is 21.1. The van der Waals surface area contributed by atoms with Crippen LogP contribution in [0.1, 0.15) is 46.0 Å². The molecule has 0 bridgehead atoms. The van der Waals surface area contributed by atoms with Gasteiger partial charge in [0.2, 0.25) is 0 Å². The van der Waals surface area contributed by atoms with Crippen LogP contribution in [0.5, 0.6) is 0 Å². The Labute approximate surface area is 120 Å². The van der Waals surface area contributed by atoms with Gasteiger partial charge >= 0.3 is 0 Å². The summed E-state index contributed by atoms with van der Waals surface area (Å²) in [5.41, 5.74) is 0.719. The third-order valence-corrected chi connectivity index (χ3v) is 5.84. The first-order valence-corrected chi connectivity index (χ1v) is 8.15. The average molecular weight is 292 g/mol. The zero-order valence-electron chi connectivity index (χ0n) is 11.0. The number of hydrogen-bond acceptors (Lipinski definition) is 5. The second kappa shape index (κ2) is 5.06. The monoisotopic (exact) mass is 292 g/mol. The van der Waals surface area contributed by atoms with Gasteiger partial charge in [-0.25, -0.2) is 4.98 Å². The maximum absolute atomic E-state index is 11.8. The van der Waals surface area contributed by atoms with Crippen molar-refractivity contribution in [2.45, 2.75) is 32.2 Å². The van der Waals surface area contributed by atoms with Crippen LogP contribution in [0.2, 0.25) is 0 Å². The molecule has 0 N–H and O–H groups in total. The van der Waals surface area contributed by atoms with Gasteiger partial charge in [0.05, 0.1) is 6.04 Å². The number of fused-ring (bicyclic) bond motifs is 1. The summed E-state index contributed by atoms with van der Waals surface area (Å²) >= 11 is 3.43. The largest absolute Gasteiger partial charge is 0.344 e. The molecule has 2 heterocycles. The Morgan fingerprint density at radius 1 is 1.42 bits per heavy atom. The molecule has 2 aromatic rings. The van der Waals surface area contributed by atoms with E-state index in [-0.39, 0.29) is 5.78 Å². The maximum atomic E-state index is 11.8. The molecule has 2 aromatic heterocycles. The highest BCUT2D eigenvalue weighted by atomic mass is 32.1. The number of thiazole rings is 1. The number of nitrogens with zero attached hydrogens (tertiary/aromatic N) is 2. The molecule has 1 aliphatic rings. The quantitative estimate of drug-likeness (QED) is 0.859. The first-order chi connectivity index (χ1) is 9.16. The summed E-state index contributed by atoms with van der Waals surface area (Å²) in [6.45, 7) is 2.17. The van der Waals surface area contributed by atoms with E-state index < -0.39 is 0 Å². The molecule has 100 valence electrons. The van der Waals surface area contributed by atoms with E-state index in [1.54, 1.807) is 22.7 Å². The number of hydrogen-bond donors (Lipinski definition) is 0. The minimum atomic E-state index is 0.209. The molecule has 0 fully saturated rings. The van der Waals surface area contributed by atoms with E-state index in [1.807, 2.05) is 0 Å². The minimum absolute atomic E-state index is 0.209. The van der Waals surface area contributed by atoms with Gasteiger partial charge in [0.1, 0.15) is 5.69 Å². The Balaban J connectivity index is 1.88. The number of aryl methyl sites for hydroxylation is 1. The van der Waals surface area contributed by atoms with Crippen molar-refractivity contribution in [2.24, 2.45) is 0 Å². The van der Waals surface area contributed by atoms with Crippen LogP contribution in [0.15, 0.2) is 17.5 Å². The van der Waals surface area contributed by atoms with E-state index in [4.69, 9.17) is 0 Å². The third kappa shape index (κ3) is 2.32. The summed E-state index contributed by atoms with van der Waals surface area (Å²) in [7, 11) is 2.05. The number of carbonyl (C=O) groups excluding carboxylic acids is 1. The van der Waals surface area contributed by atoms with Gasteiger partial charge < -0.3 is 4.90 Å². The number of carbonyl (C=O) groups is 1. The third-order valence-electron chi connectivity index (χ3n) is 3.60. The van der Waals surface area contributed by atoms with Crippen molar-refractivity contribution < 1.29 is 4.79 Å². The second-order valence-corrected chi connectivity index (χ2v) is 6.89. The van der Waals surface area contributed by atoms with Crippen molar-refractivity contribution in [2.75, 3.05) is 11.9 Å². The summed E-state index contributed by atoms with van der Waals surface area (Å²) in [6.07, 6.45) is 2.62. The van der Waals surface area contributed by atoms with Crippen LogP contribution in [0.25, 0.3) is 0 Å². The Hall–Kier alpha value is -1.20. The molecule has 19 heavy (non-hydrogen) atoms. The highest BCUT2D eigenvalue weighted by Gasteiger charge is 2.25. The van der Waals surface area contributed by atoms with Gasteiger partial charge in [-0.1, -0.05) is 6.07 Å². The van der Waals surface area contributed by atoms with Crippen molar-refractivity contribution in [3.63, 3.8) is 0 Å². The average Bonchev–Trinajstić information content (AvgIpc) is 3.06. The minimum Gasteiger partial charge on any atom is -0.344 e. The lowest BCUT2D eigenvalue weighted by molar-refractivity contribution is 0.0968. The van der Waals surface area contributed by atoms with Gasteiger partial charge in [-0.05, 0) is 31.2 Å². The maximum Gasteiger partial charge on any atom is 0.186 e. The van der Waals surface area contributed by atoms with Crippen LogP contribution in [0.3, 0.4) is 0 Å². The van der Waals surface area contributed by atoms with Gasteiger partial charge in [0.25, 0.3) is 0 Å². The van der Waals surface area contributed by atoms with Gasteiger partial charge in [0.15, 0.2) is 10.9 Å². The molecule has 3 rings (SSSR count). The van der Waals surface area contributed by atoms with E-state index in [1.165, 1.54) is 4.88 Å². The van der Waals surface area contributed by atoms with Crippen LogP contribution in [0.4, 0.5) is 5.13 Å². The van der Waals surface area contributed by atoms with Gasteiger partial charge in [-0.15, -0.1) is 22.7 Å². The molecule has 0 saturated heterocycles. The molecule has 0 saturated carbocycles. The number of anilines is 1. The number of Topliss-reactive ketones (excluding diaryl/α,β-unsaturated/α-hetero) is 1. The van der Waals surface area contributed by atoms with Crippen molar-refractivity contribution in [1.29, 1.82) is 0 Å². The van der Waals surface area contributed by atoms with Crippen LogP contribution < -0.4 is 4.90 Å². The lowest BCUT2D eigenvalue weighted by atomic mass is 10.0. The first-order valence-electron chi connectivity index (χ1n) is 6.46. The van der Waals surface area contributed by atoms with Crippen LogP contribution in [-0.4, -0.2) is 17.8 Å². The predicted octanol–water partition coefficient (Wildman–Crippen LogP) is 3.92. The fraction of sp³-hybridized carbons (Fsp3) is 0.429. The second-order valence-electron chi connectivity index (χ2n) is 4.85. The normalized spacial score (nSPS) is 16.2. The highest BCUT2D eigenvalue weighted by Crippen LogP contribution is 2.35. The van der Waals surface area contributed by atoms with Gasteiger partial charge in [-0.2, -0.15) is 0 Å². The lowest BCUT2D eigenvalue weighted by Crippen LogP contribution is -2.20. The van der Waals surface area contributed by atoms with Crippen LogP contribution in [0, 0.1) is 0 Å². The fourth-order valence-electron chi connectivity index (χ4n) is 2.29. The molecule has 0 amide bonds. The molecular weight excluding hydrogens is 276 g/mol. The van der Waals surface area contributed by atoms with E-state index in [0.29, 0.717) is 12.5 Å². The Kier molecular flexibility index (Phi) is 3.41. The SMILES string of the molecule is CC(c1cccs1)N(C)c1nc2c(s1)CCCC2=O. The summed E-state index contributed by atoms with van der Waals surface area (Å²) in [5.74, 6) is 0.209. The van der Waals surface area contributed by atoms with Crippen molar-refractivity contribution in [3.8, 4) is 0 Å². The molecule has 0 aliphatic heterocycles. The zero-order chi connectivity index (χ0) is 13.4. The number of thiophene rings is 1. The molecule has 0 radical (unpaired) electrons. The molecule has 0 spiro atoms. The molecule has 1 atom stereocenters. The number of rotatable bonds is 3. The molecule has 0 aromatic carbocycles. The highest BCUT2D eigenvalue weighted by molar-refractivity contribution is 7.16. The van der Waals surface area contributed by atoms with E-state index >= 15 is 0 Å². The number of ketones is 1. The van der Waals surface area contributed by atoms with E-state index in [9.17, 15) is 4.79 Å². The zero-order valence-corrected chi connectivity index (χ0v) is 12.7. The summed E-state index contributed by atoms with van der Waals surface area (Å²) in [5, 5.41) is 3.05. The number of aromatic nitrogens is 1. The molecule has 1 aliphatic carbocycles. The Morgan fingerprint density at radius 2 is 2.26 bits per heavy atom. The first kappa shape index (κ1) is 12.8. The lowest BCUT2D eigenvalue weighted by Gasteiger charge is -2.23. The summed E-state index contributed by atoms with van der Waals surface area (Å²) in [6, 6.07) is 4.51. The van der Waals surface area contributed by atoms with Crippen molar-refractivity contribution >= 4 is 33.6 Å². The Bertz CT molecular complexity index is 589.